The van der Waals surface area contributed by atoms with Crippen LogP contribution in [0.15, 0.2) is 54.6 Å². The molecule has 0 aromatic heterocycles. The van der Waals surface area contributed by atoms with Crippen molar-refractivity contribution < 1.29 is 9.72 Å². The minimum absolute atomic E-state index is 0.0203. The van der Waals surface area contributed by atoms with E-state index in [0.717, 1.165) is 5.56 Å². The second kappa shape index (κ2) is 8.20. The third kappa shape index (κ3) is 4.10. The van der Waals surface area contributed by atoms with Gasteiger partial charge < -0.3 is 9.80 Å². The molecule has 6 heteroatoms. The number of hydrogen-bond donors (Lipinski definition) is 0. The lowest BCUT2D eigenvalue weighted by Crippen LogP contribution is -2.42. The number of carbonyl (C=O) groups excluding carboxylic acids is 1. The van der Waals surface area contributed by atoms with Crippen LogP contribution in [0.2, 0.25) is 0 Å². The first-order valence-electron chi connectivity index (χ1n) is 9.29. The Balaban J connectivity index is 1.64. The second-order valence-electron chi connectivity index (χ2n) is 7.04. The highest BCUT2D eigenvalue weighted by molar-refractivity contribution is 5.79. The van der Waals surface area contributed by atoms with Crippen molar-refractivity contribution in [3.05, 3.63) is 70.3 Å². The molecule has 0 N–H and O–H groups in total. The fraction of sp³-hybridized carbons (Fsp3) is 0.381. The van der Waals surface area contributed by atoms with Crippen LogP contribution >= 0.6 is 0 Å². The van der Waals surface area contributed by atoms with Gasteiger partial charge in [0.25, 0.3) is 5.69 Å². The molecule has 1 aliphatic heterocycles. The molecule has 1 amide bonds. The number of anilines is 1. The van der Waals surface area contributed by atoms with E-state index >= 15 is 0 Å². The summed E-state index contributed by atoms with van der Waals surface area (Å²) >= 11 is 0. The molecule has 0 unspecified atom stereocenters. The Morgan fingerprint density at radius 1 is 1.11 bits per heavy atom. The van der Waals surface area contributed by atoms with Crippen LogP contribution in [0.4, 0.5) is 11.4 Å². The smallest absolute Gasteiger partial charge is 0.292 e. The molecule has 0 saturated carbocycles. The van der Waals surface area contributed by atoms with Crippen molar-refractivity contribution in [2.75, 3.05) is 25.0 Å². The zero-order chi connectivity index (χ0) is 19.4. The van der Waals surface area contributed by atoms with E-state index in [1.54, 1.807) is 12.1 Å². The summed E-state index contributed by atoms with van der Waals surface area (Å²) < 4.78 is 0. The van der Waals surface area contributed by atoms with Gasteiger partial charge in [0.1, 0.15) is 5.69 Å². The van der Waals surface area contributed by atoms with E-state index in [-0.39, 0.29) is 28.5 Å². The summed E-state index contributed by atoms with van der Waals surface area (Å²) in [6, 6.07) is 16.8. The van der Waals surface area contributed by atoms with E-state index in [1.165, 1.54) is 6.07 Å². The van der Waals surface area contributed by atoms with Gasteiger partial charge in [-0.05, 0) is 31.4 Å². The standard InChI is InChI=1S/C21H25N3O3/c1-16(17-8-4-3-5-9-17)22(2)21(25)18-12-14-23(15-13-18)19-10-6-7-11-20(19)24(26)27/h3-11,16,18H,12-15H2,1-2H3/t16-/m1/s1. The van der Waals surface area contributed by atoms with Crippen LogP contribution in [0.5, 0.6) is 0 Å². The monoisotopic (exact) mass is 367 g/mol. The van der Waals surface area contributed by atoms with Gasteiger partial charge in [-0.3, -0.25) is 14.9 Å². The molecule has 2 aromatic carbocycles. The van der Waals surface area contributed by atoms with Crippen LogP contribution in [0, 0.1) is 16.0 Å². The van der Waals surface area contributed by atoms with Crippen molar-refractivity contribution in [2.45, 2.75) is 25.8 Å². The zero-order valence-electron chi connectivity index (χ0n) is 15.7. The predicted octanol–water partition coefficient (Wildman–Crippen LogP) is 4.03. The van der Waals surface area contributed by atoms with Crippen LogP contribution < -0.4 is 4.90 Å². The molecule has 1 heterocycles. The molecule has 0 radical (unpaired) electrons. The maximum Gasteiger partial charge on any atom is 0.292 e. The summed E-state index contributed by atoms with van der Waals surface area (Å²) in [4.78, 5) is 27.7. The normalized spacial score (nSPS) is 16.0. The SMILES string of the molecule is C[C@H](c1ccccc1)N(C)C(=O)C1CCN(c2ccccc2[N+](=O)[O-])CC1. The lowest BCUT2D eigenvalue weighted by atomic mass is 9.94. The lowest BCUT2D eigenvalue weighted by molar-refractivity contribution is -0.384. The third-order valence-electron chi connectivity index (χ3n) is 5.47. The molecule has 3 rings (SSSR count). The number of nitro benzene ring substituents is 1. The van der Waals surface area contributed by atoms with Crippen molar-refractivity contribution in [1.82, 2.24) is 4.90 Å². The first-order valence-corrected chi connectivity index (χ1v) is 9.29. The number of benzene rings is 2. The number of rotatable bonds is 5. The Hall–Kier alpha value is -2.89. The van der Waals surface area contributed by atoms with Gasteiger partial charge in [0, 0.05) is 32.1 Å². The highest BCUT2D eigenvalue weighted by atomic mass is 16.6. The summed E-state index contributed by atoms with van der Waals surface area (Å²) in [7, 11) is 1.86. The molecule has 1 fully saturated rings. The molecule has 0 aliphatic carbocycles. The first kappa shape index (κ1) is 18.9. The minimum Gasteiger partial charge on any atom is -0.366 e. The van der Waals surface area contributed by atoms with E-state index in [0.29, 0.717) is 31.6 Å². The summed E-state index contributed by atoms with van der Waals surface area (Å²) in [5.74, 6) is 0.105. The number of nitro groups is 1. The molecule has 142 valence electrons. The quantitative estimate of drug-likeness (QED) is 0.591. The molecule has 27 heavy (non-hydrogen) atoms. The molecule has 1 aliphatic rings. The van der Waals surface area contributed by atoms with Crippen molar-refractivity contribution in [2.24, 2.45) is 5.92 Å². The molecule has 1 atom stereocenters. The predicted molar refractivity (Wildman–Crippen MR) is 106 cm³/mol. The van der Waals surface area contributed by atoms with E-state index in [9.17, 15) is 14.9 Å². The highest BCUT2D eigenvalue weighted by Crippen LogP contribution is 2.32. The van der Waals surface area contributed by atoms with Gasteiger partial charge in [-0.25, -0.2) is 0 Å². The molecule has 6 nitrogen and oxygen atoms in total. The highest BCUT2D eigenvalue weighted by Gasteiger charge is 2.31. The number of amides is 1. The largest absolute Gasteiger partial charge is 0.366 e. The lowest BCUT2D eigenvalue weighted by Gasteiger charge is -2.35. The van der Waals surface area contributed by atoms with Crippen LogP contribution in [-0.4, -0.2) is 35.9 Å². The van der Waals surface area contributed by atoms with Gasteiger partial charge in [0.15, 0.2) is 0 Å². The van der Waals surface area contributed by atoms with Crippen molar-refractivity contribution >= 4 is 17.3 Å². The van der Waals surface area contributed by atoms with Gasteiger partial charge in [0.2, 0.25) is 5.91 Å². The van der Waals surface area contributed by atoms with Gasteiger partial charge >= 0.3 is 0 Å². The summed E-state index contributed by atoms with van der Waals surface area (Å²) in [6.45, 7) is 3.33. The third-order valence-corrected chi connectivity index (χ3v) is 5.47. The first-order chi connectivity index (χ1) is 13.0. The van der Waals surface area contributed by atoms with Gasteiger partial charge in [-0.2, -0.15) is 0 Å². The van der Waals surface area contributed by atoms with Gasteiger partial charge in [0.05, 0.1) is 11.0 Å². The van der Waals surface area contributed by atoms with E-state index in [1.807, 2.05) is 60.2 Å². The molecule has 0 bridgehead atoms. The Morgan fingerprint density at radius 3 is 2.33 bits per heavy atom. The molecule has 0 spiro atoms. The number of hydrogen-bond acceptors (Lipinski definition) is 4. The second-order valence-corrected chi connectivity index (χ2v) is 7.04. The van der Waals surface area contributed by atoms with E-state index < -0.39 is 0 Å². The van der Waals surface area contributed by atoms with Crippen LogP contribution in [0.1, 0.15) is 31.4 Å². The molecule has 2 aromatic rings. The Kier molecular flexibility index (Phi) is 5.74. The number of nitrogens with zero attached hydrogens (tertiary/aromatic N) is 3. The van der Waals surface area contributed by atoms with Crippen LogP contribution in [0.25, 0.3) is 0 Å². The topological polar surface area (TPSA) is 66.7 Å². The fourth-order valence-corrected chi connectivity index (χ4v) is 3.69. The van der Waals surface area contributed by atoms with Gasteiger partial charge in [-0.1, -0.05) is 42.5 Å². The Bertz CT molecular complexity index is 801. The maximum atomic E-state index is 12.9. The summed E-state index contributed by atoms with van der Waals surface area (Å²) in [6.07, 6.45) is 1.41. The average molecular weight is 367 g/mol. The van der Waals surface area contributed by atoms with E-state index in [2.05, 4.69) is 0 Å². The van der Waals surface area contributed by atoms with Crippen LogP contribution in [0.3, 0.4) is 0 Å². The van der Waals surface area contributed by atoms with Crippen molar-refractivity contribution in [3.8, 4) is 0 Å². The maximum absolute atomic E-state index is 12.9. The molecule has 1 saturated heterocycles. The van der Waals surface area contributed by atoms with Gasteiger partial charge in [-0.15, -0.1) is 0 Å². The minimum atomic E-state index is -0.345. The average Bonchev–Trinajstić information content (AvgIpc) is 2.73. The number of para-hydroxylation sites is 2. The zero-order valence-corrected chi connectivity index (χ0v) is 15.7. The number of carbonyl (C=O) groups is 1. The fourth-order valence-electron chi connectivity index (χ4n) is 3.69. The Morgan fingerprint density at radius 2 is 1.70 bits per heavy atom. The van der Waals surface area contributed by atoms with E-state index in [4.69, 9.17) is 0 Å². The van der Waals surface area contributed by atoms with Crippen LogP contribution in [-0.2, 0) is 4.79 Å². The number of piperidine rings is 1. The van der Waals surface area contributed by atoms with Crippen molar-refractivity contribution in [3.63, 3.8) is 0 Å². The summed E-state index contributed by atoms with van der Waals surface area (Å²) in [5, 5.41) is 11.3. The molecular formula is C21H25N3O3. The van der Waals surface area contributed by atoms with Crippen molar-refractivity contribution in [1.29, 1.82) is 0 Å². The molecular weight excluding hydrogens is 342 g/mol. The Labute approximate surface area is 159 Å². The summed E-state index contributed by atoms with van der Waals surface area (Å²) in [5.41, 5.74) is 1.88.